The number of esters is 1. The van der Waals surface area contributed by atoms with Crippen molar-refractivity contribution in [1.29, 1.82) is 0 Å². The van der Waals surface area contributed by atoms with E-state index < -0.39 is 18.1 Å². The monoisotopic (exact) mass is 230 g/mol. The van der Waals surface area contributed by atoms with Gasteiger partial charge in [0.25, 0.3) is 0 Å². The van der Waals surface area contributed by atoms with E-state index in [0.29, 0.717) is 13.0 Å². The second-order valence-corrected chi connectivity index (χ2v) is 3.73. The van der Waals surface area contributed by atoms with Gasteiger partial charge in [0, 0.05) is 0 Å². The van der Waals surface area contributed by atoms with Gasteiger partial charge in [-0.3, -0.25) is 4.79 Å². The number of nitrogens with two attached hydrogens (primary N) is 1. The Morgan fingerprint density at radius 2 is 2.00 bits per heavy atom. The first-order valence-electron chi connectivity index (χ1n) is 5.75. The first-order chi connectivity index (χ1) is 7.52. The summed E-state index contributed by atoms with van der Waals surface area (Å²) in [5.74, 6) is -0.729. The summed E-state index contributed by atoms with van der Waals surface area (Å²) in [6.07, 6.45) is 2.54. The van der Waals surface area contributed by atoms with Crippen LogP contribution in [-0.2, 0) is 14.3 Å². The van der Waals surface area contributed by atoms with E-state index >= 15 is 0 Å². The summed E-state index contributed by atoms with van der Waals surface area (Å²) >= 11 is 0. The number of nitrogens with one attached hydrogen (secondary N) is 1. The molecule has 94 valence electrons. The van der Waals surface area contributed by atoms with E-state index in [2.05, 4.69) is 5.32 Å². The average molecular weight is 230 g/mol. The fourth-order valence-corrected chi connectivity index (χ4v) is 1.20. The van der Waals surface area contributed by atoms with Gasteiger partial charge in [0.2, 0.25) is 5.91 Å². The molecule has 2 unspecified atom stereocenters. The number of unbranched alkanes of at least 4 members (excludes halogenated alkanes) is 1. The van der Waals surface area contributed by atoms with Crippen molar-refractivity contribution in [3.8, 4) is 0 Å². The van der Waals surface area contributed by atoms with Gasteiger partial charge >= 0.3 is 5.97 Å². The number of carbonyl (C=O) groups excluding carboxylic acids is 2. The minimum atomic E-state index is -0.639. The van der Waals surface area contributed by atoms with Crippen molar-refractivity contribution in [3.05, 3.63) is 0 Å². The molecular weight excluding hydrogens is 208 g/mol. The maximum absolute atomic E-state index is 11.5. The molecule has 0 aromatic carbocycles. The third kappa shape index (κ3) is 5.70. The van der Waals surface area contributed by atoms with Gasteiger partial charge in [-0.05, 0) is 20.3 Å². The van der Waals surface area contributed by atoms with Crippen molar-refractivity contribution in [3.63, 3.8) is 0 Å². The molecule has 0 heterocycles. The Kier molecular flexibility index (Phi) is 7.54. The van der Waals surface area contributed by atoms with Crippen molar-refractivity contribution in [2.75, 3.05) is 6.61 Å². The van der Waals surface area contributed by atoms with Gasteiger partial charge in [-0.25, -0.2) is 4.79 Å². The second kappa shape index (κ2) is 8.10. The van der Waals surface area contributed by atoms with Gasteiger partial charge in [-0.15, -0.1) is 0 Å². The predicted molar refractivity (Wildman–Crippen MR) is 61.7 cm³/mol. The Bertz CT molecular complexity index is 231. The first-order valence-corrected chi connectivity index (χ1v) is 5.75. The Balaban J connectivity index is 3.97. The molecule has 2 atom stereocenters. The van der Waals surface area contributed by atoms with Crippen LogP contribution in [0.3, 0.4) is 0 Å². The Morgan fingerprint density at radius 1 is 1.38 bits per heavy atom. The van der Waals surface area contributed by atoms with E-state index in [9.17, 15) is 9.59 Å². The highest BCUT2D eigenvalue weighted by molar-refractivity contribution is 5.87. The van der Waals surface area contributed by atoms with Crippen LogP contribution in [0.15, 0.2) is 0 Å². The van der Waals surface area contributed by atoms with Crippen molar-refractivity contribution in [2.24, 2.45) is 5.73 Å². The van der Waals surface area contributed by atoms with Crippen LogP contribution in [0.2, 0.25) is 0 Å². The summed E-state index contributed by atoms with van der Waals surface area (Å²) in [6.45, 7) is 5.65. The zero-order chi connectivity index (χ0) is 12.6. The molecule has 1 amide bonds. The molecule has 0 saturated carbocycles. The third-order valence-electron chi connectivity index (χ3n) is 2.20. The van der Waals surface area contributed by atoms with Crippen molar-refractivity contribution in [2.45, 2.75) is 52.1 Å². The molecule has 0 aliphatic heterocycles. The standard InChI is InChI=1S/C11H22N2O3/c1-4-6-7-9(12)10(14)13-8(3)11(15)16-5-2/h8-9H,4-7,12H2,1-3H3,(H,13,14). The van der Waals surface area contributed by atoms with Gasteiger partial charge in [0.1, 0.15) is 6.04 Å². The summed E-state index contributed by atoms with van der Waals surface area (Å²) < 4.78 is 4.77. The molecule has 16 heavy (non-hydrogen) atoms. The number of rotatable bonds is 7. The van der Waals surface area contributed by atoms with E-state index in [-0.39, 0.29) is 5.91 Å². The Morgan fingerprint density at radius 3 is 2.50 bits per heavy atom. The lowest BCUT2D eigenvalue weighted by Gasteiger charge is -2.16. The minimum absolute atomic E-state index is 0.297. The summed E-state index contributed by atoms with van der Waals surface area (Å²) in [5, 5.41) is 2.53. The van der Waals surface area contributed by atoms with Crippen molar-refractivity contribution in [1.82, 2.24) is 5.32 Å². The highest BCUT2D eigenvalue weighted by atomic mass is 16.5. The summed E-state index contributed by atoms with van der Waals surface area (Å²) in [7, 11) is 0. The van der Waals surface area contributed by atoms with Crippen molar-refractivity contribution < 1.29 is 14.3 Å². The number of hydrogen-bond acceptors (Lipinski definition) is 4. The van der Waals surface area contributed by atoms with E-state index in [1.165, 1.54) is 0 Å². The van der Waals surface area contributed by atoms with Crippen LogP contribution in [0, 0.1) is 0 Å². The van der Waals surface area contributed by atoms with Gasteiger partial charge in [-0.2, -0.15) is 0 Å². The number of carbonyl (C=O) groups is 2. The van der Waals surface area contributed by atoms with E-state index in [1.54, 1.807) is 13.8 Å². The number of amides is 1. The lowest BCUT2D eigenvalue weighted by Crippen LogP contribution is -2.47. The molecule has 0 aliphatic rings. The zero-order valence-electron chi connectivity index (χ0n) is 10.3. The third-order valence-corrected chi connectivity index (χ3v) is 2.20. The maximum Gasteiger partial charge on any atom is 0.328 e. The van der Waals surface area contributed by atoms with E-state index in [0.717, 1.165) is 12.8 Å². The molecule has 0 radical (unpaired) electrons. The Hall–Kier alpha value is -1.10. The van der Waals surface area contributed by atoms with Gasteiger partial charge in [-0.1, -0.05) is 19.8 Å². The molecule has 0 aliphatic carbocycles. The molecule has 0 spiro atoms. The highest BCUT2D eigenvalue weighted by Crippen LogP contribution is 1.99. The smallest absolute Gasteiger partial charge is 0.328 e. The molecule has 0 rings (SSSR count). The highest BCUT2D eigenvalue weighted by Gasteiger charge is 2.20. The SMILES string of the molecule is CCCCC(N)C(=O)NC(C)C(=O)OCC. The van der Waals surface area contributed by atoms with Crippen molar-refractivity contribution >= 4 is 11.9 Å². The van der Waals surface area contributed by atoms with Crippen LogP contribution in [0.1, 0.15) is 40.0 Å². The first kappa shape index (κ1) is 14.9. The number of ether oxygens (including phenoxy) is 1. The molecule has 0 fully saturated rings. The van der Waals surface area contributed by atoms with Crippen LogP contribution < -0.4 is 11.1 Å². The van der Waals surface area contributed by atoms with E-state index in [4.69, 9.17) is 10.5 Å². The van der Waals surface area contributed by atoms with Crippen LogP contribution in [-0.4, -0.2) is 30.6 Å². The minimum Gasteiger partial charge on any atom is -0.464 e. The maximum atomic E-state index is 11.5. The average Bonchev–Trinajstić information content (AvgIpc) is 2.25. The van der Waals surface area contributed by atoms with Gasteiger partial charge in [0.15, 0.2) is 0 Å². The lowest BCUT2D eigenvalue weighted by molar-refractivity contribution is -0.147. The zero-order valence-corrected chi connectivity index (χ0v) is 10.3. The molecule has 0 bridgehead atoms. The number of hydrogen-bond donors (Lipinski definition) is 2. The topological polar surface area (TPSA) is 81.4 Å². The fraction of sp³-hybridized carbons (Fsp3) is 0.818. The summed E-state index contributed by atoms with van der Waals surface area (Å²) in [6, 6.07) is -1.18. The van der Waals surface area contributed by atoms with Crippen LogP contribution in [0.25, 0.3) is 0 Å². The lowest BCUT2D eigenvalue weighted by atomic mass is 10.1. The normalized spacial score (nSPS) is 14.0. The quantitative estimate of drug-likeness (QED) is 0.626. The second-order valence-electron chi connectivity index (χ2n) is 3.73. The molecule has 5 nitrogen and oxygen atoms in total. The Labute approximate surface area is 96.7 Å². The molecule has 3 N–H and O–H groups in total. The fourth-order valence-electron chi connectivity index (χ4n) is 1.20. The van der Waals surface area contributed by atoms with Crippen LogP contribution in [0.4, 0.5) is 0 Å². The van der Waals surface area contributed by atoms with Crippen LogP contribution in [0.5, 0.6) is 0 Å². The van der Waals surface area contributed by atoms with E-state index in [1.807, 2.05) is 6.92 Å². The summed E-state index contributed by atoms with van der Waals surface area (Å²) in [5.41, 5.74) is 5.66. The molecular formula is C11H22N2O3. The van der Waals surface area contributed by atoms with Gasteiger partial charge in [0.05, 0.1) is 12.6 Å². The molecule has 0 saturated heterocycles. The largest absolute Gasteiger partial charge is 0.464 e. The summed E-state index contributed by atoms with van der Waals surface area (Å²) in [4.78, 5) is 22.8. The molecule has 0 aromatic rings. The molecule has 0 aromatic heterocycles. The molecule has 5 heteroatoms. The predicted octanol–water partition coefficient (Wildman–Crippen LogP) is 0.572. The van der Waals surface area contributed by atoms with Crippen LogP contribution >= 0.6 is 0 Å². The van der Waals surface area contributed by atoms with Gasteiger partial charge < -0.3 is 15.8 Å².